The Morgan fingerprint density at radius 3 is 1.96 bits per heavy atom. The van der Waals surface area contributed by atoms with Crippen LogP contribution in [-0.4, -0.2) is 41.0 Å². The Balaban J connectivity index is 1.47. The molecule has 1 aromatic heterocycles. The van der Waals surface area contributed by atoms with E-state index in [-0.39, 0.29) is 0 Å². The highest BCUT2D eigenvalue weighted by Gasteiger charge is 2.26. The molecule has 1 aliphatic rings. The minimum Gasteiger partial charge on any atom is -0.296 e. The van der Waals surface area contributed by atoms with E-state index in [0.717, 1.165) is 32.7 Å². The summed E-state index contributed by atoms with van der Waals surface area (Å²) in [6.45, 7) is 7.43. The lowest BCUT2D eigenvalue weighted by atomic mass is 9.96. The van der Waals surface area contributed by atoms with Gasteiger partial charge >= 0.3 is 0 Å². The first-order chi connectivity index (χ1) is 13.3. The largest absolute Gasteiger partial charge is 0.296 e. The predicted molar refractivity (Wildman–Crippen MR) is 111 cm³/mol. The van der Waals surface area contributed by atoms with Gasteiger partial charge in [0.15, 0.2) is 0 Å². The second-order valence-corrected chi connectivity index (χ2v) is 7.41. The van der Waals surface area contributed by atoms with Gasteiger partial charge in [-0.2, -0.15) is 0 Å². The SMILES string of the molecule is Cc1cncc(CN2CCN(C(c3ccccc3)c3ccccc3)CC2)c1. The Bertz CT molecular complexity index is 800. The quantitative estimate of drug-likeness (QED) is 0.679. The molecule has 3 nitrogen and oxygen atoms in total. The summed E-state index contributed by atoms with van der Waals surface area (Å²) in [6.07, 6.45) is 3.92. The van der Waals surface area contributed by atoms with E-state index in [1.54, 1.807) is 0 Å². The van der Waals surface area contributed by atoms with E-state index in [0.29, 0.717) is 6.04 Å². The van der Waals surface area contributed by atoms with Gasteiger partial charge in [-0.05, 0) is 29.2 Å². The molecule has 2 heterocycles. The minimum atomic E-state index is 0.329. The molecule has 0 unspecified atom stereocenters. The zero-order valence-corrected chi connectivity index (χ0v) is 16.0. The van der Waals surface area contributed by atoms with E-state index in [1.165, 1.54) is 22.3 Å². The molecule has 0 radical (unpaired) electrons. The number of hydrogen-bond donors (Lipinski definition) is 0. The fourth-order valence-corrected chi connectivity index (χ4v) is 4.03. The van der Waals surface area contributed by atoms with E-state index in [4.69, 9.17) is 0 Å². The Morgan fingerprint density at radius 2 is 1.41 bits per heavy atom. The zero-order valence-electron chi connectivity index (χ0n) is 16.0. The molecule has 0 saturated carbocycles. The van der Waals surface area contributed by atoms with Crippen LogP contribution in [-0.2, 0) is 6.54 Å². The van der Waals surface area contributed by atoms with Crippen molar-refractivity contribution >= 4 is 0 Å². The van der Waals surface area contributed by atoms with Gasteiger partial charge in [0.25, 0.3) is 0 Å². The molecule has 3 heteroatoms. The summed E-state index contributed by atoms with van der Waals surface area (Å²) in [5.74, 6) is 0. The average molecular weight is 358 g/mol. The molecule has 138 valence electrons. The number of piperazine rings is 1. The van der Waals surface area contributed by atoms with E-state index >= 15 is 0 Å². The van der Waals surface area contributed by atoms with E-state index in [1.807, 2.05) is 12.4 Å². The normalized spacial score (nSPS) is 15.9. The molecule has 3 aromatic rings. The van der Waals surface area contributed by atoms with Gasteiger partial charge in [0.05, 0.1) is 6.04 Å². The van der Waals surface area contributed by atoms with Crippen LogP contribution < -0.4 is 0 Å². The molecule has 27 heavy (non-hydrogen) atoms. The molecule has 1 aliphatic heterocycles. The van der Waals surface area contributed by atoms with Gasteiger partial charge in [-0.15, -0.1) is 0 Å². The number of pyridine rings is 1. The van der Waals surface area contributed by atoms with Crippen molar-refractivity contribution < 1.29 is 0 Å². The first-order valence-electron chi connectivity index (χ1n) is 9.76. The Hall–Kier alpha value is -2.49. The maximum atomic E-state index is 4.34. The molecule has 0 amide bonds. The van der Waals surface area contributed by atoms with E-state index < -0.39 is 0 Å². The molecular formula is C24H27N3. The van der Waals surface area contributed by atoms with Crippen LogP contribution in [0.1, 0.15) is 28.3 Å². The number of benzene rings is 2. The summed E-state index contributed by atoms with van der Waals surface area (Å²) >= 11 is 0. The van der Waals surface area contributed by atoms with Gasteiger partial charge in [-0.1, -0.05) is 66.7 Å². The smallest absolute Gasteiger partial charge is 0.0602 e. The molecular weight excluding hydrogens is 330 g/mol. The van der Waals surface area contributed by atoms with Crippen LogP contribution in [0.4, 0.5) is 0 Å². The second kappa shape index (κ2) is 8.47. The number of nitrogens with zero attached hydrogens (tertiary/aromatic N) is 3. The van der Waals surface area contributed by atoms with Gasteiger partial charge in [-0.25, -0.2) is 0 Å². The minimum absolute atomic E-state index is 0.329. The molecule has 4 rings (SSSR count). The van der Waals surface area contributed by atoms with Crippen molar-refractivity contribution in [1.82, 2.24) is 14.8 Å². The number of aryl methyl sites for hydroxylation is 1. The lowest BCUT2D eigenvalue weighted by molar-refractivity contribution is 0.105. The van der Waals surface area contributed by atoms with Crippen molar-refractivity contribution in [2.75, 3.05) is 26.2 Å². The Morgan fingerprint density at radius 1 is 0.815 bits per heavy atom. The van der Waals surface area contributed by atoms with Crippen LogP contribution in [0.5, 0.6) is 0 Å². The molecule has 1 fully saturated rings. The van der Waals surface area contributed by atoms with Gasteiger partial charge in [0.2, 0.25) is 0 Å². The summed E-state index contributed by atoms with van der Waals surface area (Å²) in [6, 6.07) is 24.4. The number of aromatic nitrogens is 1. The highest BCUT2D eigenvalue weighted by atomic mass is 15.3. The Kier molecular flexibility index (Phi) is 5.61. The molecule has 0 atom stereocenters. The van der Waals surface area contributed by atoms with Crippen LogP contribution in [0.25, 0.3) is 0 Å². The van der Waals surface area contributed by atoms with Crippen molar-refractivity contribution in [2.24, 2.45) is 0 Å². The molecule has 2 aromatic carbocycles. The summed E-state index contributed by atoms with van der Waals surface area (Å²) in [7, 11) is 0. The molecule has 0 N–H and O–H groups in total. The lowest BCUT2D eigenvalue weighted by Gasteiger charge is -2.39. The van der Waals surface area contributed by atoms with Gasteiger partial charge < -0.3 is 0 Å². The van der Waals surface area contributed by atoms with Crippen molar-refractivity contribution in [2.45, 2.75) is 19.5 Å². The van der Waals surface area contributed by atoms with Crippen molar-refractivity contribution in [3.63, 3.8) is 0 Å². The third kappa shape index (κ3) is 4.44. The highest BCUT2D eigenvalue weighted by molar-refractivity contribution is 5.32. The summed E-state index contributed by atoms with van der Waals surface area (Å²) < 4.78 is 0. The van der Waals surface area contributed by atoms with Crippen molar-refractivity contribution in [1.29, 1.82) is 0 Å². The van der Waals surface area contributed by atoms with Crippen LogP contribution in [0.2, 0.25) is 0 Å². The molecule has 1 saturated heterocycles. The lowest BCUT2D eigenvalue weighted by Crippen LogP contribution is -2.47. The molecule has 0 aliphatic carbocycles. The maximum absolute atomic E-state index is 4.34. The molecule has 0 spiro atoms. The summed E-state index contributed by atoms with van der Waals surface area (Å²) in [5, 5.41) is 0. The monoisotopic (exact) mass is 357 g/mol. The summed E-state index contributed by atoms with van der Waals surface area (Å²) in [4.78, 5) is 9.50. The van der Waals surface area contributed by atoms with Crippen LogP contribution in [0, 0.1) is 6.92 Å². The maximum Gasteiger partial charge on any atom is 0.0602 e. The van der Waals surface area contributed by atoms with Gasteiger partial charge in [0.1, 0.15) is 0 Å². The first kappa shape index (κ1) is 17.9. The predicted octanol–water partition coefficient (Wildman–Crippen LogP) is 4.30. The third-order valence-corrected chi connectivity index (χ3v) is 5.34. The van der Waals surface area contributed by atoms with Gasteiger partial charge in [-0.3, -0.25) is 14.8 Å². The van der Waals surface area contributed by atoms with Crippen LogP contribution >= 0.6 is 0 Å². The zero-order chi connectivity index (χ0) is 18.5. The highest BCUT2D eigenvalue weighted by Crippen LogP contribution is 2.29. The third-order valence-electron chi connectivity index (χ3n) is 5.34. The number of rotatable bonds is 5. The number of hydrogen-bond acceptors (Lipinski definition) is 3. The standard InChI is InChI=1S/C24H27N3/c1-20-16-21(18-25-17-20)19-26-12-14-27(15-13-26)24(22-8-4-2-5-9-22)23-10-6-3-7-11-23/h2-11,16-18,24H,12-15,19H2,1H3. The average Bonchev–Trinajstić information content (AvgIpc) is 2.71. The first-order valence-corrected chi connectivity index (χ1v) is 9.76. The van der Waals surface area contributed by atoms with E-state index in [2.05, 4.69) is 88.4 Å². The topological polar surface area (TPSA) is 19.4 Å². The summed E-state index contributed by atoms with van der Waals surface area (Å²) in [5.41, 5.74) is 5.30. The van der Waals surface area contributed by atoms with Crippen molar-refractivity contribution in [3.05, 3.63) is 101 Å². The molecule has 0 bridgehead atoms. The Labute approximate surface area is 162 Å². The van der Waals surface area contributed by atoms with E-state index in [9.17, 15) is 0 Å². The van der Waals surface area contributed by atoms with Crippen molar-refractivity contribution in [3.8, 4) is 0 Å². The fraction of sp³-hybridized carbons (Fsp3) is 0.292. The van der Waals surface area contributed by atoms with Crippen LogP contribution in [0.3, 0.4) is 0 Å². The van der Waals surface area contributed by atoms with Crippen LogP contribution in [0.15, 0.2) is 79.1 Å². The fourth-order valence-electron chi connectivity index (χ4n) is 4.03. The second-order valence-electron chi connectivity index (χ2n) is 7.41. The van der Waals surface area contributed by atoms with Gasteiger partial charge in [0, 0.05) is 45.1 Å².